The SMILES string of the molecule is CCCc1nnc2c(=O)[nH]c3cc(C(=O)N4Cc5ccccc5C[C@H]4CO)ccc3n12. The molecule has 0 aliphatic carbocycles. The van der Waals surface area contributed by atoms with E-state index in [0.717, 1.165) is 28.9 Å². The highest BCUT2D eigenvalue weighted by Crippen LogP contribution is 2.26. The van der Waals surface area contributed by atoms with Gasteiger partial charge in [-0.15, -0.1) is 10.2 Å². The van der Waals surface area contributed by atoms with Gasteiger partial charge in [0.05, 0.1) is 23.7 Å². The minimum atomic E-state index is -0.341. The summed E-state index contributed by atoms with van der Waals surface area (Å²) in [5.41, 5.74) is 3.93. The van der Waals surface area contributed by atoms with E-state index in [9.17, 15) is 14.7 Å². The second kappa shape index (κ2) is 7.63. The molecule has 0 radical (unpaired) electrons. The van der Waals surface area contributed by atoms with E-state index in [4.69, 9.17) is 0 Å². The number of aromatic amines is 1. The van der Waals surface area contributed by atoms with E-state index >= 15 is 0 Å². The molecular formula is C23H23N5O3. The van der Waals surface area contributed by atoms with Gasteiger partial charge in [-0.3, -0.25) is 14.0 Å². The summed E-state index contributed by atoms with van der Waals surface area (Å²) < 4.78 is 1.76. The molecule has 31 heavy (non-hydrogen) atoms. The number of amides is 1. The third-order valence-electron chi connectivity index (χ3n) is 5.97. The first-order valence-corrected chi connectivity index (χ1v) is 10.5. The molecule has 1 aliphatic rings. The van der Waals surface area contributed by atoms with Gasteiger partial charge in [0.1, 0.15) is 5.82 Å². The van der Waals surface area contributed by atoms with Gasteiger partial charge in [0, 0.05) is 18.5 Å². The van der Waals surface area contributed by atoms with Crippen molar-refractivity contribution in [1.82, 2.24) is 24.5 Å². The van der Waals surface area contributed by atoms with Gasteiger partial charge in [-0.25, -0.2) is 0 Å². The molecule has 2 N–H and O–H groups in total. The van der Waals surface area contributed by atoms with Gasteiger partial charge in [0.25, 0.3) is 11.5 Å². The van der Waals surface area contributed by atoms with Gasteiger partial charge in [0.2, 0.25) is 5.65 Å². The summed E-state index contributed by atoms with van der Waals surface area (Å²) in [6.45, 7) is 2.38. The Labute approximate surface area is 178 Å². The number of carbonyl (C=O) groups excluding carboxylic acids is 1. The zero-order valence-corrected chi connectivity index (χ0v) is 17.2. The first-order valence-electron chi connectivity index (χ1n) is 10.5. The molecule has 8 nitrogen and oxygen atoms in total. The van der Waals surface area contributed by atoms with Gasteiger partial charge in [-0.05, 0) is 42.2 Å². The number of nitrogens with one attached hydrogen (secondary N) is 1. The third-order valence-corrected chi connectivity index (χ3v) is 5.97. The first-order chi connectivity index (χ1) is 15.1. The third kappa shape index (κ3) is 3.19. The molecule has 158 valence electrons. The Balaban J connectivity index is 1.57. The number of hydrogen-bond donors (Lipinski definition) is 2. The fourth-order valence-corrected chi connectivity index (χ4v) is 4.40. The topological polar surface area (TPSA) is 104 Å². The second-order valence-corrected chi connectivity index (χ2v) is 7.95. The number of rotatable bonds is 4. The van der Waals surface area contributed by atoms with E-state index in [0.29, 0.717) is 30.5 Å². The van der Waals surface area contributed by atoms with Crippen LogP contribution in [0.1, 0.15) is 40.7 Å². The highest BCUT2D eigenvalue weighted by Gasteiger charge is 2.30. The Morgan fingerprint density at radius 1 is 1.19 bits per heavy atom. The molecule has 0 fully saturated rings. The molecule has 5 rings (SSSR count). The quantitative estimate of drug-likeness (QED) is 0.529. The van der Waals surface area contributed by atoms with Gasteiger partial charge in [-0.2, -0.15) is 0 Å². The highest BCUT2D eigenvalue weighted by atomic mass is 16.3. The van der Waals surface area contributed by atoms with Crippen LogP contribution in [0.2, 0.25) is 0 Å². The van der Waals surface area contributed by atoms with Crippen molar-refractivity contribution in [2.75, 3.05) is 6.61 Å². The van der Waals surface area contributed by atoms with Crippen LogP contribution in [0.3, 0.4) is 0 Å². The lowest BCUT2D eigenvalue weighted by molar-refractivity contribution is 0.0544. The first kappa shape index (κ1) is 19.4. The van der Waals surface area contributed by atoms with Crippen LogP contribution in [0, 0.1) is 0 Å². The predicted molar refractivity (Wildman–Crippen MR) is 116 cm³/mol. The Morgan fingerprint density at radius 3 is 2.77 bits per heavy atom. The van der Waals surface area contributed by atoms with E-state index in [-0.39, 0.29) is 29.8 Å². The van der Waals surface area contributed by atoms with E-state index in [1.807, 2.05) is 37.3 Å². The molecule has 2 aromatic carbocycles. The van der Waals surface area contributed by atoms with Gasteiger partial charge < -0.3 is 15.0 Å². The molecular weight excluding hydrogens is 394 g/mol. The number of aliphatic hydroxyl groups is 1. The Hall–Kier alpha value is -3.52. The molecule has 4 aromatic rings. The average Bonchev–Trinajstić information content (AvgIpc) is 3.22. The fourth-order valence-electron chi connectivity index (χ4n) is 4.40. The van der Waals surface area contributed by atoms with Crippen LogP contribution in [-0.4, -0.2) is 48.1 Å². The lowest BCUT2D eigenvalue weighted by atomic mass is 9.93. The summed E-state index contributed by atoms with van der Waals surface area (Å²) in [6, 6.07) is 13.0. The maximum atomic E-state index is 13.4. The largest absolute Gasteiger partial charge is 0.394 e. The minimum absolute atomic E-state index is 0.105. The van der Waals surface area contributed by atoms with Crippen LogP contribution in [0.25, 0.3) is 16.7 Å². The van der Waals surface area contributed by atoms with Crippen molar-refractivity contribution in [2.24, 2.45) is 0 Å². The smallest absolute Gasteiger partial charge is 0.294 e. The van der Waals surface area contributed by atoms with Crippen molar-refractivity contribution in [1.29, 1.82) is 0 Å². The van der Waals surface area contributed by atoms with Crippen LogP contribution in [0.5, 0.6) is 0 Å². The summed E-state index contributed by atoms with van der Waals surface area (Å²) in [7, 11) is 0. The minimum Gasteiger partial charge on any atom is -0.394 e. The molecule has 0 unspecified atom stereocenters. The second-order valence-electron chi connectivity index (χ2n) is 7.95. The van der Waals surface area contributed by atoms with Gasteiger partial charge >= 0.3 is 0 Å². The van der Waals surface area contributed by atoms with Crippen molar-refractivity contribution in [2.45, 2.75) is 38.8 Å². The van der Waals surface area contributed by atoms with Gasteiger partial charge in [-0.1, -0.05) is 31.2 Å². The average molecular weight is 417 g/mol. The highest BCUT2D eigenvalue weighted by molar-refractivity contribution is 5.98. The maximum Gasteiger partial charge on any atom is 0.294 e. The molecule has 0 spiro atoms. The molecule has 2 aromatic heterocycles. The zero-order chi connectivity index (χ0) is 21.5. The maximum absolute atomic E-state index is 13.4. The zero-order valence-electron chi connectivity index (χ0n) is 17.2. The Morgan fingerprint density at radius 2 is 2.00 bits per heavy atom. The number of fused-ring (bicyclic) bond motifs is 4. The fraction of sp³-hybridized carbons (Fsp3) is 0.304. The molecule has 1 atom stereocenters. The lowest BCUT2D eigenvalue weighted by Crippen LogP contribution is -2.46. The van der Waals surface area contributed by atoms with Crippen LogP contribution < -0.4 is 5.56 Å². The van der Waals surface area contributed by atoms with Crippen molar-refractivity contribution < 1.29 is 9.90 Å². The normalized spacial score (nSPS) is 16.1. The van der Waals surface area contributed by atoms with E-state index < -0.39 is 0 Å². The van der Waals surface area contributed by atoms with Crippen molar-refractivity contribution in [3.05, 3.63) is 75.3 Å². The summed E-state index contributed by atoms with van der Waals surface area (Å²) in [5, 5.41) is 18.1. The van der Waals surface area contributed by atoms with E-state index in [2.05, 4.69) is 15.2 Å². The number of nitrogens with zero attached hydrogens (tertiary/aromatic N) is 4. The standard InChI is InChI=1S/C23H23N5O3/c1-2-5-20-25-26-21-22(30)24-18-11-15(8-9-19(18)28(20)21)23(31)27-12-16-7-4-3-6-14(16)10-17(27)13-29/h3-4,6-9,11,17,29H,2,5,10,12-13H2,1H3,(H,24,30)/t17-/m0/s1. The number of aromatic nitrogens is 4. The number of hydrogen-bond acceptors (Lipinski definition) is 5. The molecule has 0 saturated carbocycles. The van der Waals surface area contributed by atoms with E-state index in [1.165, 1.54) is 0 Å². The van der Waals surface area contributed by atoms with Gasteiger partial charge in [0.15, 0.2) is 0 Å². The summed E-state index contributed by atoms with van der Waals surface area (Å²) >= 11 is 0. The molecule has 1 aliphatic heterocycles. The predicted octanol–water partition coefficient (Wildman–Crippen LogP) is 2.08. The lowest BCUT2D eigenvalue weighted by Gasteiger charge is -2.36. The molecule has 3 heterocycles. The van der Waals surface area contributed by atoms with Crippen molar-refractivity contribution in [3.8, 4) is 0 Å². The Kier molecular flexibility index (Phi) is 4.78. The van der Waals surface area contributed by atoms with Crippen LogP contribution in [0.15, 0.2) is 47.3 Å². The summed E-state index contributed by atoms with van der Waals surface area (Å²) in [6.07, 6.45) is 2.20. The monoisotopic (exact) mass is 417 g/mol. The summed E-state index contributed by atoms with van der Waals surface area (Å²) in [5.74, 6) is 0.551. The number of H-pyrrole nitrogens is 1. The number of benzene rings is 2. The number of carbonyl (C=O) groups is 1. The molecule has 8 heteroatoms. The van der Waals surface area contributed by atoms with Crippen molar-refractivity contribution in [3.63, 3.8) is 0 Å². The molecule has 1 amide bonds. The molecule has 0 saturated heterocycles. The summed E-state index contributed by atoms with van der Waals surface area (Å²) in [4.78, 5) is 30.4. The Bertz CT molecular complexity index is 1360. The van der Waals surface area contributed by atoms with Crippen LogP contribution in [0.4, 0.5) is 0 Å². The van der Waals surface area contributed by atoms with Crippen LogP contribution in [-0.2, 0) is 19.4 Å². The van der Waals surface area contributed by atoms with Crippen molar-refractivity contribution >= 4 is 22.6 Å². The number of aliphatic hydroxyl groups excluding tert-OH is 1. The molecule has 0 bridgehead atoms. The number of aryl methyl sites for hydroxylation is 1. The van der Waals surface area contributed by atoms with E-state index in [1.54, 1.807) is 21.4 Å². The van der Waals surface area contributed by atoms with Crippen LogP contribution >= 0.6 is 0 Å².